The molecule has 1 atom stereocenters. The molecule has 0 radical (unpaired) electrons. The van der Waals surface area contributed by atoms with Crippen molar-refractivity contribution in [2.24, 2.45) is 11.7 Å². The van der Waals surface area contributed by atoms with E-state index in [0.717, 1.165) is 10.2 Å². The Bertz CT molecular complexity index is 409. The molecular weight excluding hydrogens is 288 g/mol. The zero-order chi connectivity index (χ0) is 12.1. The minimum Gasteiger partial charge on any atom is -0.393 e. The van der Waals surface area contributed by atoms with Crippen molar-refractivity contribution in [2.45, 2.75) is 13.3 Å². The second kappa shape index (κ2) is 5.96. The lowest BCUT2D eigenvalue weighted by atomic mass is 10.1. The predicted molar refractivity (Wildman–Crippen MR) is 73.3 cm³/mol. The Morgan fingerprint density at radius 2 is 2.31 bits per heavy atom. The summed E-state index contributed by atoms with van der Waals surface area (Å²) in [5.74, 6) is -0.568. The van der Waals surface area contributed by atoms with E-state index in [2.05, 4.69) is 21.2 Å². The molecule has 0 saturated heterocycles. The summed E-state index contributed by atoms with van der Waals surface area (Å²) in [6.45, 7) is 1.88. The molecule has 0 heterocycles. The first kappa shape index (κ1) is 13.1. The molecule has 0 spiro atoms. The highest BCUT2D eigenvalue weighted by molar-refractivity contribution is 9.10. The summed E-state index contributed by atoms with van der Waals surface area (Å²) in [7, 11) is 0. The largest absolute Gasteiger partial charge is 0.393 e. The van der Waals surface area contributed by atoms with Crippen molar-refractivity contribution in [3.63, 3.8) is 0 Å². The lowest BCUT2D eigenvalue weighted by Crippen LogP contribution is -2.32. The Balaban J connectivity index is 2.74. The summed E-state index contributed by atoms with van der Waals surface area (Å²) in [4.78, 5) is 12.0. The van der Waals surface area contributed by atoms with Crippen LogP contribution in [0.25, 0.3) is 0 Å². The number of rotatable bonds is 4. The number of benzene rings is 1. The number of thiocarbonyl (C=S) groups is 1. The van der Waals surface area contributed by atoms with Gasteiger partial charge in [-0.15, -0.1) is 0 Å². The number of nitrogens with one attached hydrogen (secondary N) is 1. The number of carbonyl (C=O) groups is 1. The van der Waals surface area contributed by atoms with Crippen LogP contribution >= 0.6 is 28.1 Å². The lowest BCUT2D eigenvalue weighted by molar-refractivity contribution is -0.118. The zero-order valence-electron chi connectivity index (χ0n) is 8.87. The molecule has 16 heavy (non-hydrogen) atoms. The fraction of sp³-hybridized carbons (Fsp3) is 0.273. The average Bonchev–Trinajstić information content (AvgIpc) is 2.17. The van der Waals surface area contributed by atoms with E-state index in [9.17, 15) is 4.79 Å². The summed E-state index contributed by atoms with van der Waals surface area (Å²) < 4.78 is 0.911. The first-order valence-electron chi connectivity index (χ1n) is 4.90. The Kier molecular flexibility index (Phi) is 4.89. The molecule has 86 valence electrons. The average molecular weight is 301 g/mol. The van der Waals surface area contributed by atoms with E-state index in [-0.39, 0.29) is 10.9 Å². The maximum absolute atomic E-state index is 11.8. The van der Waals surface area contributed by atoms with Gasteiger partial charge in [0.05, 0.1) is 10.9 Å². The van der Waals surface area contributed by atoms with Crippen molar-refractivity contribution in [1.82, 2.24) is 0 Å². The molecule has 1 aromatic carbocycles. The molecule has 0 aliphatic heterocycles. The second-order valence-corrected chi connectivity index (χ2v) is 4.75. The van der Waals surface area contributed by atoms with Gasteiger partial charge in [-0.1, -0.05) is 41.1 Å². The van der Waals surface area contributed by atoms with Gasteiger partial charge in [0.15, 0.2) is 0 Å². The Morgan fingerprint density at radius 1 is 1.62 bits per heavy atom. The topological polar surface area (TPSA) is 55.1 Å². The van der Waals surface area contributed by atoms with Crippen molar-refractivity contribution >= 4 is 44.7 Å². The van der Waals surface area contributed by atoms with Gasteiger partial charge in [0.1, 0.15) is 0 Å². The predicted octanol–water partition coefficient (Wildman–Crippen LogP) is 2.70. The number of hydrogen-bond acceptors (Lipinski definition) is 2. The van der Waals surface area contributed by atoms with Crippen LogP contribution in [0, 0.1) is 5.92 Å². The molecule has 5 heteroatoms. The number of halogens is 1. The van der Waals surface area contributed by atoms with E-state index >= 15 is 0 Å². The number of amides is 1. The van der Waals surface area contributed by atoms with Crippen LogP contribution < -0.4 is 11.1 Å². The number of hydrogen-bond donors (Lipinski definition) is 2. The molecule has 0 aliphatic rings. The second-order valence-electron chi connectivity index (χ2n) is 3.36. The number of nitrogens with two attached hydrogens (primary N) is 1. The maximum atomic E-state index is 11.8. The molecule has 1 rings (SSSR count). The summed E-state index contributed by atoms with van der Waals surface area (Å²) in [6.07, 6.45) is 0.606. The highest BCUT2D eigenvalue weighted by Crippen LogP contribution is 2.17. The maximum Gasteiger partial charge on any atom is 0.234 e. The van der Waals surface area contributed by atoms with Crippen LogP contribution in [0.5, 0.6) is 0 Å². The van der Waals surface area contributed by atoms with E-state index in [1.165, 1.54) is 0 Å². The van der Waals surface area contributed by atoms with Gasteiger partial charge in [-0.3, -0.25) is 4.79 Å². The van der Waals surface area contributed by atoms with Crippen molar-refractivity contribution in [2.75, 3.05) is 5.32 Å². The van der Waals surface area contributed by atoms with Crippen LogP contribution in [0.2, 0.25) is 0 Å². The van der Waals surface area contributed by atoms with Gasteiger partial charge < -0.3 is 11.1 Å². The fourth-order valence-corrected chi connectivity index (χ4v) is 1.98. The molecule has 3 N–H and O–H groups in total. The molecule has 0 aliphatic carbocycles. The van der Waals surface area contributed by atoms with Gasteiger partial charge in [-0.2, -0.15) is 0 Å². The SMILES string of the molecule is CCC(C(=O)Nc1cccc(Br)c1)C(N)=S. The summed E-state index contributed by atoms with van der Waals surface area (Å²) >= 11 is 8.18. The van der Waals surface area contributed by atoms with Crippen molar-refractivity contribution in [3.05, 3.63) is 28.7 Å². The van der Waals surface area contributed by atoms with Gasteiger partial charge >= 0.3 is 0 Å². The quantitative estimate of drug-likeness (QED) is 0.841. The Hall–Kier alpha value is -0.940. The van der Waals surface area contributed by atoms with Gasteiger partial charge in [-0.25, -0.2) is 0 Å². The van der Waals surface area contributed by atoms with E-state index in [4.69, 9.17) is 18.0 Å². The molecular formula is C11H13BrN2OS. The minimum atomic E-state index is -0.408. The molecule has 1 aromatic rings. The Morgan fingerprint density at radius 3 is 2.81 bits per heavy atom. The summed E-state index contributed by atoms with van der Waals surface area (Å²) in [6, 6.07) is 7.38. The molecule has 1 amide bonds. The molecule has 0 bridgehead atoms. The van der Waals surface area contributed by atoms with Crippen LogP contribution in [0.15, 0.2) is 28.7 Å². The third-order valence-electron chi connectivity index (χ3n) is 2.16. The standard InChI is InChI=1S/C11H13BrN2OS/c1-2-9(10(13)16)11(15)14-8-5-3-4-7(12)6-8/h3-6,9H,2H2,1H3,(H2,13,16)(H,14,15). The first-order valence-corrected chi connectivity index (χ1v) is 6.10. The minimum absolute atomic E-state index is 0.159. The Labute approximate surface area is 109 Å². The normalized spacial score (nSPS) is 11.9. The molecule has 3 nitrogen and oxygen atoms in total. The first-order chi connectivity index (χ1) is 7.54. The molecule has 0 aromatic heterocycles. The highest BCUT2D eigenvalue weighted by atomic mass is 79.9. The zero-order valence-corrected chi connectivity index (χ0v) is 11.3. The van der Waals surface area contributed by atoms with Crippen molar-refractivity contribution in [1.29, 1.82) is 0 Å². The van der Waals surface area contributed by atoms with Crippen LogP contribution in [0.1, 0.15) is 13.3 Å². The molecule has 0 fully saturated rings. The van der Waals surface area contributed by atoms with Crippen LogP contribution in [-0.2, 0) is 4.79 Å². The van der Waals surface area contributed by atoms with E-state index in [1.807, 2.05) is 31.2 Å². The monoisotopic (exact) mass is 300 g/mol. The van der Waals surface area contributed by atoms with Crippen molar-refractivity contribution < 1.29 is 4.79 Å². The third-order valence-corrected chi connectivity index (χ3v) is 2.94. The summed E-state index contributed by atoms with van der Waals surface area (Å²) in [5, 5.41) is 2.78. The van der Waals surface area contributed by atoms with E-state index < -0.39 is 5.92 Å². The van der Waals surface area contributed by atoms with Crippen molar-refractivity contribution in [3.8, 4) is 0 Å². The van der Waals surface area contributed by atoms with Gasteiger partial charge in [-0.05, 0) is 24.6 Å². The van der Waals surface area contributed by atoms with Crippen LogP contribution in [0.3, 0.4) is 0 Å². The number of anilines is 1. The van der Waals surface area contributed by atoms with Crippen LogP contribution in [-0.4, -0.2) is 10.9 Å². The molecule has 1 unspecified atom stereocenters. The number of carbonyl (C=O) groups excluding carboxylic acids is 1. The lowest BCUT2D eigenvalue weighted by Gasteiger charge is -2.13. The highest BCUT2D eigenvalue weighted by Gasteiger charge is 2.19. The fourth-order valence-electron chi connectivity index (χ4n) is 1.31. The van der Waals surface area contributed by atoms with Gasteiger partial charge in [0.2, 0.25) is 5.91 Å². The van der Waals surface area contributed by atoms with Gasteiger partial charge in [0, 0.05) is 10.2 Å². The molecule has 0 saturated carbocycles. The smallest absolute Gasteiger partial charge is 0.234 e. The van der Waals surface area contributed by atoms with Gasteiger partial charge in [0.25, 0.3) is 0 Å². The summed E-state index contributed by atoms with van der Waals surface area (Å²) in [5.41, 5.74) is 6.22. The van der Waals surface area contributed by atoms with Crippen LogP contribution in [0.4, 0.5) is 5.69 Å². The van der Waals surface area contributed by atoms with E-state index in [1.54, 1.807) is 0 Å². The van der Waals surface area contributed by atoms with E-state index in [0.29, 0.717) is 6.42 Å². The third kappa shape index (κ3) is 3.57.